The third-order valence-electron chi connectivity index (χ3n) is 0.884. The van der Waals surface area contributed by atoms with Gasteiger partial charge < -0.3 is 5.73 Å². The summed E-state index contributed by atoms with van der Waals surface area (Å²) >= 11 is 11.1. The van der Waals surface area contributed by atoms with Crippen LogP contribution >= 0.6 is 23.2 Å². The topological polar surface area (TPSA) is 26.0 Å². The first kappa shape index (κ1) is 6.72. The van der Waals surface area contributed by atoms with E-state index in [1.165, 1.54) is 0 Å². The Morgan fingerprint density at radius 3 is 2.56 bits per heavy atom. The normalized spacial score (nSPS) is 9.56. The zero-order valence-electron chi connectivity index (χ0n) is 4.49. The zero-order valence-corrected chi connectivity index (χ0v) is 6.00. The summed E-state index contributed by atoms with van der Waals surface area (Å²) in [4.78, 5) is 0. The van der Waals surface area contributed by atoms with Gasteiger partial charge in [-0.05, 0) is 12.1 Å². The second kappa shape index (κ2) is 2.46. The number of hydrogen-bond donors (Lipinski definition) is 1. The fourth-order valence-electron chi connectivity index (χ4n) is 0.469. The summed E-state index contributed by atoms with van der Waals surface area (Å²) in [5.74, 6) is 0. The first-order valence-electron chi connectivity index (χ1n) is 2.32. The highest BCUT2D eigenvalue weighted by Gasteiger charge is 1.94. The smallest absolute Gasteiger partial charge is 0.0715 e. The van der Waals surface area contributed by atoms with Gasteiger partial charge in [0.05, 0.1) is 10.7 Å². The van der Waals surface area contributed by atoms with E-state index in [1.807, 2.05) is 0 Å². The molecular formula is C6H4Cl2N. The summed E-state index contributed by atoms with van der Waals surface area (Å²) in [5, 5.41) is 0.969. The van der Waals surface area contributed by atoms with Gasteiger partial charge in [0, 0.05) is 11.1 Å². The van der Waals surface area contributed by atoms with Crippen LogP contribution < -0.4 is 5.73 Å². The largest absolute Gasteiger partial charge is 0.397 e. The molecule has 0 bridgehead atoms. The van der Waals surface area contributed by atoms with E-state index in [9.17, 15) is 0 Å². The lowest BCUT2D eigenvalue weighted by Crippen LogP contribution is -1.84. The molecule has 47 valence electrons. The summed E-state index contributed by atoms with van der Waals surface area (Å²) in [5.41, 5.74) is 5.84. The van der Waals surface area contributed by atoms with Crippen LogP contribution in [-0.4, -0.2) is 0 Å². The van der Waals surface area contributed by atoms with Crippen molar-refractivity contribution in [3.63, 3.8) is 0 Å². The monoisotopic (exact) mass is 160 g/mol. The molecule has 1 aromatic carbocycles. The van der Waals surface area contributed by atoms with E-state index in [0.717, 1.165) is 0 Å². The highest BCUT2D eigenvalue weighted by molar-refractivity contribution is 6.34. The van der Waals surface area contributed by atoms with Crippen molar-refractivity contribution in [3.05, 3.63) is 28.2 Å². The molecule has 0 spiro atoms. The van der Waals surface area contributed by atoms with Gasteiger partial charge in [0.25, 0.3) is 0 Å². The molecule has 9 heavy (non-hydrogen) atoms. The number of benzene rings is 1. The van der Waals surface area contributed by atoms with Crippen LogP contribution in [0.25, 0.3) is 0 Å². The molecule has 0 saturated heterocycles. The predicted molar refractivity (Wildman–Crippen MR) is 39.7 cm³/mol. The highest BCUT2D eigenvalue weighted by atomic mass is 35.5. The Kier molecular flexibility index (Phi) is 1.84. The molecule has 2 N–H and O–H groups in total. The lowest BCUT2D eigenvalue weighted by molar-refractivity contribution is 1.67. The van der Waals surface area contributed by atoms with E-state index in [-0.39, 0.29) is 0 Å². The summed E-state index contributed by atoms with van der Waals surface area (Å²) < 4.78 is 0. The third kappa shape index (κ3) is 1.50. The summed E-state index contributed by atoms with van der Waals surface area (Å²) in [6.07, 6.45) is 0. The molecule has 0 heterocycles. The highest BCUT2D eigenvalue weighted by Crippen LogP contribution is 2.20. The predicted octanol–water partition coefficient (Wildman–Crippen LogP) is 2.38. The quantitative estimate of drug-likeness (QED) is 0.580. The Morgan fingerprint density at radius 1 is 1.44 bits per heavy atom. The van der Waals surface area contributed by atoms with Crippen LogP contribution in [-0.2, 0) is 0 Å². The lowest BCUT2D eigenvalue weighted by atomic mass is 10.3. The second-order valence-corrected chi connectivity index (χ2v) is 2.40. The van der Waals surface area contributed by atoms with Gasteiger partial charge in [0.1, 0.15) is 0 Å². The number of nitrogen functional groups attached to an aromatic ring is 1. The maximum absolute atomic E-state index is 5.55. The van der Waals surface area contributed by atoms with Crippen LogP contribution in [0.2, 0.25) is 10.0 Å². The lowest BCUT2D eigenvalue weighted by Gasteiger charge is -1.94. The Morgan fingerprint density at radius 2 is 2.11 bits per heavy atom. The van der Waals surface area contributed by atoms with Crippen LogP contribution in [0, 0.1) is 6.07 Å². The van der Waals surface area contributed by atoms with E-state index in [4.69, 9.17) is 28.9 Å². The first-order chi connectivity index (χ1) is 4.20. The number of rotatable bonds is 0. The van der Waals surface area contributed by atoms with E-state index >= 15 is 0 Å². The average Bonchev–Trinajstić information content (AvgIpc) is 1.80. The van der Waals surface area contributed by atoms with Crippen molar-refractivity contribution >= 4 is 28.9 Å². The number of nitrogens with two attached hydrogens (primary N) is 1. The standard InChI is InChI=1S/C6H4Cl2N/c7-4-1-2-5(8)6(9)3-4/h1,3H,9H2. The second-order valence-electron chi connectivity index (χ2n) is 1.59. The summed E-state index contributed by atoms with van der Waals surface area (Å²) in [7, 11) is 0. The Hall–Kier alpha value is -0.400. The summed E-state index contributed by atoms with van der Waals surface area (Å²) in [6, 6.07) is 5.83. The molecular weight excluding hydrogens is 157 g/mol. The number of anilines is 1. The molecule has 0 saturated carbocycles. The molecule has 0 aromatic heterocycles. The maximum Gasteiger partial charge on any atom is 0.0715 e. The number of hydrogen-bond acceptors (Lipinski definition) is 1. The van der Waals surface area contributed by atoms with Crippen molar-refractivity contribution in [1.29, 1.82) is 0 Å². The van der Waals surface area contributed by atoms with Crippen molar-refractivity contribution in [3.8, 4) is 0 Å². The molecule has 1 radical (unpaired) electrons. The fraction of sp³-hybridized carbons (Fsp3) is 0. The van der Waals surface area contributed by atoms with Crippen molar-refractivity contribution in [2.75, 3.05) is 5.73 Å². The molecule has 0 aliphatic rings. The van der Waals surface area contributed by atoms with E-state index in [2.05, 4.69) is 6.07 Å². The molecule has 1 nitrogen and oxygen atoms in total. The molecule has 0 aliphatic carbocycles. The third-order valence-corrected chi connectivity index (χ3v) is 1.43. The van der Waals surface area contributed by atoms with Gasteiger partial charge in [0.2, 0.25) is 0 Å². The van der Waals surface area contributed by atoms with Crippen LogP contribution in [0.15, 0.2) is 12.1 Å². The van der Waals surface area contributed by atoms with Crippen LogP contribution in [0.4, 0.5) is 5.69 Å². The SMILES string of the molecule is Nc1cc(Cl)c[c]c1Cl. The van der Waals surface area contributed by atoms with Gasteiger partial charge in [-0.15, -0.1) is 0 Å². The average molecular weight is 161 g/mol. The van der Waals surface area contributed by atoms with Crippen LogP contribution in [0.1, 0.15) is 0 Å². The van der Waals surface area contributed by atoms with Crippen LogP contribution in [0.3, 0.4) is 0 Å². The Bertz CT molecular complexity index is 222. The van der Waals surface area contributed by atoms with Gasteiger partial charge >= 0.3 is 0 Å². The fourth-order valence-corrected chi connectivity index (χ4v) is 0.750. The summed E-state index contributed by atoms with van der Waals surface area (Å²) in [6.45, 7) is 0. The van der Waals surface area contributed by atoms with E-state index in [0.29, 0.717) is 15.7 Å². The molecule has 0 unspecified atom stereocenters. The zero-order chi connectivity index (χ0) is 6.85. The van der Waals surface area contributed by atoms with Gasteiger partial charge in [0.15, 0.2) is 0 Å². The Balaban J connectivity index is 3.17. The molecule has 0 aliphatic heterocycles. The molecule has 1 aromatic rings. The first-order valence-corrected chi connectivity index (χ1v) is 3.08. The minimum Gasteiger partial charge on any atom is -0.397 e. The maximum atomic E-state index is 5.55. The van der Waals surface area contributed by atoms with Crippen LogP contribution in [0.5, 0.6) is 0 Å². The van der Waals surface area contributed by atoms with Crippen molar-refractivity contribution in [2.45, 2.75) is 0 Å². The molecule has 0 atom stereocenters. The van der Waals surface area contributed by atoms with Gasteiger partial charge in [-0.3, -0.25) is 0 Å². The van der Waals surface area contributed by atoms with Crippen molar-refractivity contribution in [2.24, 2.45) is 0 Å². The minimum absolute atomic E-state index is 0.416. The molecule has 1 rings (SSSR count). The van der Waals surface area contributed by atoms with E-state index < -0.39 is 0 Å². The Labute approximate surface area is 63.4 Å². The molecule has 0 fully saturated rings. The van der Waals surface area contributed by atoms with E-state index in [1.54, 1.807) is 12.1 Å². The molecule has 3 heteroatoms. The van der Waals surface area contributed by atoms with Gasteiger partial charge in [-0.1, -0.05) is 23.2 Å². The number of halogens is 2. The van der Waals surface area contributed by atoms with Gasteiger partial charge in [-0.2, -0.15) is 0 Å². The minimum atomic E-state index is 0.416. The van der Waals surface area contributed by atoms with Crippen molar-refractivity contribution < 1.29 is 0 Å². The van der Waals surface area contributed by atoms with Crippen molar-refractivity contribution in [1.82, 2.24) is 0 Å². The van der Waals surface area contributed by atoms with Gasteiger partial charge in [-0.25, -0.2) is 0 Å². The molecule has 0 amide bonds.